The molecule has 1 aromatic rings. The predicted octanol–water partition coefficient (Wildman–Crippen LogP) is 0.650. The number of hydrogen-bond acceptors (Lipinski definition) is 4. The van der Waals surface area contributed by atoms with Gasteiger partial charge in [0.15, 0.2) is 0 Å². The van der Waals surface area contributed by atoms with Gasteiger partial charge in [0.05, 0.1) is 5.56 Å². The first-order chi connectivity index (χ1) is 8.97. The summed E-state index contributed by atoms with van der Waals surface area (Å²) in [7, 11) is 0. The molecule has 0 aliphatic carbocycles. The van der Waals surface area contributed by atoms with Gasteiger partial charge in [-0.15, -0.1) is 0 Å². The van der Waals surface area contributed by atoms with Crippen molar-refractivity contribution in [2.24, 2.45) is 0 Å². The van der Waals surface area contributed by atoms with Gasteiger partial charge in [0, 0.05) is 32.4 Å². The number of nitrogens with zero attached hydrogens (tertiary/aromatic N) is 2. The number of alkyl halides is 3. The molecule has 1 saturated heterocycles. The topological polar surface area (TPSA) is 57.3 Å². The summed E-state index contributed by atoms with van der Waals surface area (Å²) in [4.78, 5) is 15.3. The van der Waals surface area contributed by atoms with Crippen molar-refractivity contribution in [2.45, 2.75) is 6.18 Å². The summed E-state index contributed by atoms with van der Waals surface area (Å²) in [6.07, 6.45) is -3.78. The SMILES string of the molecule is O=C(NN1CCNCC1)c1ccc(C(F)(F)F)cn1. The molecule has 2 heterocycles. The van der Waals surface area contributed by atoms with Crippen molar-refractivity contribution in [2.75, 3.05) is 26.2 Å². The van der Waals surface area contributed by atoms with Gasteiger partial charge in [0.2, 0.25) is 0 Å². The lowest BCUT2D eigenvalue weighted by molar-refractivity contribution is -0.137. The molecule has 1 amide bonds. The number of nitrogens with one attached hydrogen (secondary N) is 2. The molecule has 2 N–H and O–H groups in total. The molecule has 104 valence electrons. The van der Waals surface area contributed by atoms with E-state index in [0.29, 0.717) is 19.3 Å². The number of pyridine rings is 1. The normalized spacial score (nSPS) is 17.2. The number of hydrazine groups is 1. The number of halogens is 3. The third-order valence-corrected chi connectivity index (χ3v) is 2.70. The number of carbonyl (C=O) groups excluding carboxylic acids is 1. The second-order valence-electron chi connectivity index (χ2n) is 4.11. The van der Waals surface area contributed by atoms with Gasteiger partial charge in [-0.25, -0.2) is 5.01 Å². The van der Waals surface area contributed by atoms with Crippen LogP contribution in [0.1, 0.15) is 16.1 Å². The number of carbonyl (C=O) groups is 1. The van der Waals surface area contributed by atoms with Gasteiger partial charge >= 0.3 is 6.18 Å². The quantitative estimate of drug-likeness (QED) is 0.831. The van der Waals surface area contributed by atoms with Crippen LogP contribution in [0.5, 0.6) is 0 Å². The molecule has 0 radical (unpaired) electrons. The smallest absolute Gasteiger partial charge is 0.314 e. The van der Waals surface area contributed by atoms with E-state index in [2.05, 4.69) is 15.7 Å². The lowest BCUT2D eigenvalue weighted by atomic mass is 10.2. The first-order valence-electron chi connectivity index (χ1n) is 5.77. The Balaban J connectivity index is 1.99. The van der Waals surface area contributed by atoms with Gasteiger partial charge in [0.25, 0.3) is 5.91 Å². The van der Waals surface area contributed by atoms with Crippen molar-refractivity contribution < 1.29 is 18.0 Å². The second kappa shape index (κ2) is 5.54. The van der Waals surface area contributed by atoms with E-state index in [0.717, 1.165) is 25.2 Å². The van der Waals surface area contributed by atoms with E-state index in [-0.39, 0.29) is 5.69 Å². The maximum Gasteiger partial charge on any atom is 0.417 e. The van der Waals surface area contributed by atoms with E-state index in [1.54, 1.807) is 5.01 Å². The van der Waals surface area contributed by atoms with Crippen LogP contribution in [0.25, 0.3) is 0 Å². The average molecular weight is 274 g/mol. The Morgan fingerprint density at radius 2 is 2.00 bits per heavy atom. The van der Waals surface area contributed by atoms with Crippen LogP contribution >= 0.6 is 0 Å². The largest absolute Gasteiger partial charge is 0.417 e. The molecule has 5 nitrogen and oxygen atoms in total. The average Bonchev–Trinajstić information content (AvgIpc) is 2.39. The van der Waals surface area contributed by atoms with Gasteiger partial charge in [-0.1, -0.05) is 0 Å². The summed E-state index contributed by atoms with van der Waals surface area (Å²) in [5.41, 5.74) is 1.70. The van der Waals surface area contributed by atoms with Crippen molar-refractivity contribution in [1.29, 1.82) is 0 Å². The summed E-state index contributed by atoms with van der Waals surface area (Å²) in [5, 5.41) is 4.82. The highest BCUT2D eigenvalue weighted by Crippen LogP contribution is 2.28. The van der Waals surface area contributed by atoms with Crippen LogP contribution in [0, 0.1) is 0 Å². The molecule has 0 atom stereocenters. The van der Waals surface area contributed by atoms with Crippen LogP contribution in [0.4, 0.5) is 13.2 Å². The molecule has 2 rings (SSSR count). The summed E-state index contributed by atoms with van der Waals surface area (Å²) < 4.78 is 37.0. The van der Waals surface area contributed by atoms with Crippen molar-refractivity contribution in [3.05, 3.63) is 29.6 Å². The third kappa shape index (κ3) is 3.65. The molecule has 0 saturated carbocycles. The van der Waals surface area contributed by atoms with Gasteiger partial charge in [0.1, 0.15) is 5.69 Å². The van der Waals surface area contributed by atoms with E-state index < -0.39 is 17.6 Å². The van der Waals surface area contributed by atoms with Crippen molar-refractivity contribution >= 4 is 5.91 Å². The minimum atomic E-state index is -4.44. The Labute approximate surface area is 107 Å². The lowest BCUT2D eigenvalue weighted by Gasteiger charge is -2.27. The molecule has 0 aromatic carbocycles. The fourth-order valence-corrected chi connectivity index (χ4v) is 1.67. The third-order valence-electron chi connectivity index (χ3n) is 2.70. The highest BCUT2D eigenvalue weighted by molar-refractivity contribution is 5.91. The monoisotopic (exact) mass is 274 g/mol. The van der Waals surface area contributed by atoms with Gasteiger partial charge < -0.3 is 5.32 Å². The molecular weight excluding hydrogens is 261 g/mol. The standard InChI is InChI=1S/C11H13F3N4O/c12-11(13,14)8-1-2-9(16-7-8)10(19)17-18-5-3-15-4-6-18/h1-2,7,15H,3-6H2,(H,17,19). The van der Waals surface area contributed by atoms with Crippen LogP contribution in [0.3, 0.4) is 0 Å². The molecule has 0 bridgehead atoms. The Morgan fingerprint density at radius 1 is 1.32 bits per heavy atom. The number of hydrogen-bond donors (Lipinski definition) is 2. The number of aromatic nitrogens is 1. The fraction of sp³-hybridized carbons (Fsp3) is 0.455. The molecule has 1 fully saturated rings. The Hall–Kier alpha value is -1.67. The van der Waals surface area contributed by atoms with Gasteiger partial charge in [-0.05, 0) is 12.1 Å². The summed E-state index contributed by atoms with van der Waals surface area (Å²) in [6, 6.07) is 1.92. The number of piperazine rings is 1. The van der Waals surface area contributed by atoms with Gasteiger partial charge in [-0.2, -0.15) is 13.2 Å². The van der Waals surface area contributed by atoms with Crippen LogP contribution in [-0.4, -0.2) is 42.1 Å². The molecule has 1 aliphatic heterocycles. The van der Waals surface area contributed by atoms with E-state index in [9.17, 15) is 18.0 Å². The van der Waals surface area contributed by atoms with E-state index in [4.69, 9.17) is 0 Å². The Morgan fingerprint density at radius 3 is 2.53 bits per heavy atom. The van der Waals surface area contributed by atoms with E-state index >= 15 is 0 Å². The number of amides is 1. The van der Waals surface area contributed by atoms with E-state index in [1.165, 1.54) is 0 Å². The highest BCUT2D eigenvalue weighted by atomic mass is 19.4. The predicted molar refractivity (Wildman–Crippen MR) is 61.1 cm³/mol. The molecule has 8 heteroatoms. The van der Waals surface area contributed by atoms with E-state index in [1.807, 2.05) is 0 Å². The fourth-order valence-electron chi connectivity index (χ4n) is 1.67. The molecule has 19 heavy (non-hydrogen) atoms. The summed E-state index contributed by atoms with van der Waals surface area (Å²) in [6.45, 7) is 2.79. The zero-order chi connectivity index (χ0) is 13.9. The highest BCUT2D eigenvalue weighted by Gasteiger charge is 2.31. The van der Waals surface area contributed by atoms with Gasteiger partial charge in [-0.3, -0.25) is 15.2 Å². The maximum absolute atomic E-state index is 12.3. The first kappa shape index (κ1) is 13.8. The Bertz CT molecular complexity index is 440. The zero-order valence-electron chi connectivity index (χ0n) is 10.00. The first-order valence-corrected chi connectivity index (χ1v) is 5.77. The summed E-state index contributed by atoms with van der Waals surface area (Å²) in [5.74, 6) is -0.504. The molecule has 0 unspecified atom stereocenters. The van der Waals surface area contributed by atoms with Crippen LogP contribution in [0.2, 0.25) is 0 Å². The van der Waals surface area contributed by atoms with Crippen molar-refractivity contribution in [1.82, 2.24) is 20.7 Å². The lowest BCUT2D eigenvalue weighted by Crippen LogP contribution is -2.52. The minimum Gasteiger partial charge on any atom is -0.314 e. The van der Waals surface area contributed by atoms with Crippen molar-refractivity contribution in [3.8, 4) is 0 Å². The van der Waals surface area contributed by atoms with Crippen molar-refractivity contribution in [3.63, 3.8) is 0 Å². The van der Waals surface area contributed by atoms with Crippen LogP contribution < -0.4 is 10.7 Å². The minimum absolute atomic E-state index is 0.0356. The van der Waals surface area contributed by atoms with Crippen LogP contribution in [-0.2, 0) is 6.18 Å². The second-order valence-corrected chi connectivity index (χ2v) is 4.11. The molecular formula is C11H13F3N4O. The molecule has 0 spiro atoms. The Kier molecular flexibility index (Phi) is 4.01. The number of rotatable bonds is 2. The molecule has 1 aromatic heterocycles. The molecule has 1 aliphatic rings. The summed E-state index contributed by atoms with van der Waals surface area (Å²) >= 11 is 0. The maximum atomic E-state index is 12.3. The zero-order valence-corrected chi connectivity index (χ0v) is 10.00. The van der Waals surface area contributed by atoms with Crippen LogP contribution in [0.15, 0.2) is 18.3 Å².